The summed E-state index contributed by atoms with van der Waals surface area (Å²) in [6.45, 7) is 3.16. The summed E-state index contributed by atoms with van der Waals surface area (Å²) in [6.07, 6.45) is 1.49. The minimum absolute atomic E-state index is 0.0451. The maximum Gasteiger partial charge on any atom is 0.258 e. The molecule has 0 N–H and O–H groups in total. The quantitative estimate of drug-likeness (QED) is 0.631. The molecule has 0 saturated carbocycles. The molecule has 0 unspecified atom stereocenters. The van der Waals surface area contributed by atoms with Crippen molar-refractivity contribution >= 4 is 17.5 Å². The molecular formula is C21H19ClFN3O2. The summed E-state index contributed by atoms with van der Waals surface area (Å²) in [5.41, 5.74) is 2.41. The zero-order valence-electron chi connectivity index (χ0n) is 15.4. The Morgan fingerprint density at radius 1 is 1.21 bits per heavy atom. The van der Waals surface area contributed by atoms with Crippen molar-refractivity contribution in [2.75, 3.05) is 13.1 Å². The van der Waals surface area contributed by atoms with Gasteiger partial charge in [0.2, 0.25) is 0 Å². The molecule has 1 amide bonds. The van der Waals surface area contributed by atoms with Crippen molar-refractivity contribution in [3.63, 3.8) is 0 Å². The third-order valence-electron chi connectivity index (χ3n) is 5.13. The molecule has 0 radical (unpaired) electrons. The minimum Gasteiger partial charge on any atom is -0.339 e. The van der Waals surface area contributed by atoms with Crippen LogP contribution in [0.2, 0.25) is 5.02 Å². The summed E-state index contributed by atoms with van der Waals surface area (Å²) in [6, 6.07) is 11.9. The zero-order valence-corrected chi connectivity index (χ0v) is 16.1. The second kappa shape index (κ2) is 7.72. The lowest BCUT2D eigenvalue weighted by Gasteiger charge is -2.30. The number of amides is 1. The van der Waals surface area contributed by atoms with Crippen LogP contribution in [0.1, 0.15) is 40.5 Å². The lowest BCUT2D eigenvalue weighted by Crippen LogP contribution is -2.38. The third kappa shape index (κ3) is 3.64. The Morgan fingerprint density at radius 3 is 2.68 bits per heavy atom. The maximum atomic E-state index is 13.3. The van der Waals surface area contributed by atoms with Gasteiger partial charge in [-0.3, -0.25) is 4.79 Å². The van der Waals surface area contributed by atoms with Crippen LogP contribution in [-0.4, -0.2) is 34.0 Å². The Labute approximate surface area is 167 Å². The number of carbonyl (C=O) groups excluding carboxylic acids is 1. The van der Waals surface area contributed by atoms with E-state index in [0.717, 1.165) is 24.0 Å². The van der Waals surface area contributed by atoms with Gasteiger partial charge < -0.3 is 9.42 Å². The highest BCUT2D eigenvalue weighted by atomic mass is 35.5. The van der Waals surface area contributed by atoms with E-state index in [1.54, 1.807) is 4.90 Å². The molecule has 2 aromatic carbocycles. The van der Waals surface area contributed by atoms with Crippen LogP contribution in [0.4, 0.5) is 4.39 Å². The van der Waals surface area contributed by atoms with E-state index < -0.39 is 5.82 Å². The first kappa shape index (κ1) is 18.6. The maximum absolute atomic E-state index is 13.3. The number of likely N-dealkylation sites (tertiary alicyclic amines) is 1. The Hall–Kier alpha value is -2.73. The highest BCUT2D eigenvalue weighted by Crippen LogP contribution is 2.29. The molecule has 1 fully saturated rings. The van der Waals surface area contributed by atoms with Crippen LogP contribution in [0.15, 0.2) is 47.0 Å². The van der Waals surface area contributed by atoms with Gasteiger partial charge in [-0.15, -0.1) is 0 Å². The number of carbonyl (C=O) groups is 1. The van der Waals surface area contributed by atoms with Gasteiger partial charge in [-0.1, -0.05) is 35.0 Å². The number of hydrogen-bond acceptors (Lipinski definition) is 4. The van der Waals surface area contributed by atoms with Crippen LogP contribution in [0.25, 0.3) is 11.5 Å². The van der Waals surface area contributed by atoms with Crippen LogP contribution in [-0.2, 0) is 0 Å². The van der Waals surface area contributed by atoms with Gasteiger partial charge in [0, 0.05) is 30.1 Å². The molecule has 1 aliphatic heterocycles. The van der Waals surface area contributed by atoms with E-state index in [-0.39, 0.29) is 16.8 Å². The average molecular weight is 400 g/mol. The largest absolute Gasteiger partial charge is 0.339 e. The Bertz CT molecular complexity index is 1010. The van der Waals surface area contributed by atoms with E-state index in [2.05, 4.69) is 10.1 Å². The summed E-state index contributed by atoms with van der Waals surface area (Å²) in [5, 5.41) is 4.11. The molecule has 0 atom stereocenters. The van der Waals surface area contributed by atoms with Crippen LogP contribution in [0.3, 0.4) is 0 Å². The SMILES string of the molecule is Cc1ccccc1-c1nc(C2CCN(C(=O)c3ccc(F)c(Cl)c3)CC2)no1. The number of hydrogen-bond donors (Lipinski definition) is 0. The van der Waals surface area contributed by atoms with Crippen molar-refractivity contribution in [2.24, 2.45) is 0 Å². The predicted octanol–water partition coefficient (Wildman–Crippen LogP) is 4.86. The van der Waals surface area contributed by atoms with Crippen molar-refractivity contribution in [1.29, 1.82) is 0 Å². The first-order valence-corrected chi connectivity index (χ1v) is 9.54. The second-order valence-corrected chi connectivity index (χ2v) is 7.38. The smallest absolute Gasteiger partial charge is 0.258 e. The Kier molecular flexibility index (Phi) is 5.13. The molecule has 1 saturated heterocycles. The van der Waals surface area contributed by atoms with Crippen molar-refractivity contribution in [2.45, 2.75) is 25.7 Å². The van der Waals surface area contributed by atoms with Crippen molar-refractivity contribution in [3.8, 4) is 11.5 Å². The number of piperidine rings is 1. The molecule has 4 rings (SSSR count). The van der Waals surface area contributed by atoms with Gasteiger partial charge in [0.05, 0.1) is 5.02 Å². The van der Waals surface area contributed by atoms with Crippen LogP contribution in [0, 0.1) is 12.7 Å². The van der Waals surface area contributed by atoms with E-state index in [0.29, 0.717) is 30.4 Å². The zero-order chi connectivity index (χ0) is 19.7. The molecular weight excluding hydrogens is 381 g/mol. The summed E-state index contributed by atoms with van der Waals surface area (Å²) in [5.74, 6) is 0.665. The molecule has 0 aliphatic carbocycles. The molecule has 2 heterocycles. The Morgan fingerprint density at radius 2 is 1.96 bits per heavy atom. The number of halogens is 2. The number of aryl methyl sites for hydroxylation is 1. The fourth-order valence-electron chi connectivity index (χ4n) is 3.48. The molecule has 7 heteroatoms. The lowest BCUT2D eigenvalue weighted by atomic mass is 9.95. The molecule has 1 aromatic heterocycles. The summed E-state index contributed by atoms with van der Waals surface area (Å²) in [7, 11) is 0. The van der Waals surface area contributed by atoms with Crippen LogP contribution < -0.4 is 0 Å². The van der Waals surface area contributed by atoms with Crippen LogP contribution >= 0.6 is 11.6 Å². The van der Waals surface area contributed by atoms with Gasteiger partial charge in [0.25, 0.3) is 11.8 Å². The summed E-state index contributed by atoms with van der Waals surface area (Å²) >= 11 is 5.79. The van der Waals surface area contributed by atoms with E-state index in [1.807, 2.05) is 31.2 Å². The molecule has 3 aromatic rings. The predicted molar refractivity (Wildman–Crippen MR) is 104 cm³/mol. The van der Waals surface area contributed by atoms with E-state index >= 15 is 0 Å². The normalized spacial score (nSPS) is 15.0. The lowest BCUT2D eigenvalue weighted by molar-refractivity contribution is 0.0710. The van der Waals surface area contributed by atoms with Gasteiger partial charge >= 0.3 is 0 Å². The monoisotopic (exact) mass is 399 g/mol. The average Bonchev–Trinajstić information content (AvgIpc) is 3.20. The number of rotatable bonds is 3. The molecule has 1 aliphatic rings. The standard InChI is InChI=1S/C21H19ClFN3O2/c1-13-4-2-3-5-16(13)20-24-19(25-28-20)14-8-10-26(11-9-14)21(27)15-6-7-18(23)17(22)12-15/h2-7,12,14H,8-11H2,1H3. The van der Waals surface area contributed by atoms with Gasteiger partial charge in [0.15, 0.2) is 5.82 Å². The van der Waals surface area contributed by atoms with Crippen LogP contribution in [0.5, 0.6) is 0 Å². The molecule has 0 spiro atoms. The van der Waals surface area contributed by atoms with Gasteiger partial charge in [-0.25, -0.2) is 4.39 Å². The third-order valence-corrected chi connectivity index (χ3v) is 5.42. The number of aromatic nitrogens is 2. The number of nitrogens with zero attached hydrogens (tertiary/aromatic N) is 3. The topological polar surface area (TPSA) is 59.2 Å². The number of benzene rings is 2. The van der Waals surface area contributed by atoms with Crippen molar-refractivity contribution in [1.82, 2.24) is 15.0 Å². The van der Waals surface area contributed by atoms with E-state index in [1.165, 1.54) is 18.2 Å². The molecule has 144 valence electrons. The highest BCUT2D eigenvalue weighted by molar-refractivity contribution is 6.31. The van der Waals surface area contributed by atoms with E-state index in [4.69, 9.17) is 16.1 Å². The van der Waals surface area contributed by atoms with Gasteiger partial charge in [-0.05, 0) is 49.6 Å². The first-order chi connectivity index (χ1) is 13.5. The van der Waals surface area contributed by atoms with Gasteiger partial charge in [-0.2, -0.15) is 4.98 Å². The second-order valence-electron chi connectivity index (χ2n) is 6.97. The first-order valence-electron chi connectivity index (χ1n) is 9.17. The van der Waals surface area contributed by atoms with Crippen molar-refractivity contribution < 1.29 is 13.7 Å². The minimum atomic E-state index is -0.529. The molecule has 28 heavy (non-hydrogen) atoms. The van der Waals surface area contributed by atoms with Crippen molar-refractivity contribution in [3.05, 3.63) is 70.3 Å². The van der Waals surface area contributed by atoms with E-state index in [9.17, 15) is 9.18 Å². The summed E-state index contributed by atoms with van der Waals surface area (Å²) < 4.78 is 18.8. The highest BCUT2D eigenvalue weighted by Gasteiger charge is 2.28. The molecule has 0 bridgehead atoms. The fraction of sp³-hybridized carbons (Fsp3) is 0.286. The fourth-order valence-corrected chi connectivity index (χ4v) is 3.66. The van der Waals surface area contributed by atoms with Gasteiger partial charge in [0.1, 0.15) is 5.82 Å². The summed E-state index contributed by atoms with van der Waals surface area (Å²) in [4.78, 5) is 19.0. The Balaban J connectivity index is 1.42. The molecule has 5 nitrogen and oxygen atoms in total.